The molecule has 2 heterocycles. The standard InChI is InChI=1S/C22H27FN4O5S/c1-3-25-33(30,31)17-7-8-19(23)18(14-17)21(28)27-11-5-10-26(12-13-27)20-9-6-16(15-24-20)22(29)32-4-2/h6-9,14-15,25H,3-5,10-13H2,1-2H3. The van der Waals surface area contributed by atoms with Gasteiger partial charge in [-0.25, -0.2) is 27.3 Å². The summed E-state index contributed by atoms with van der Waals surface area (Å²) in [4.78, 5) is 32.5. The quantitative estimate of drug-likeness (QED) is 0.607. The van der Waals surface area contributed by atoms with Crippen molar-refractivity contribution >= 4 is 27.7 Å². The third-order valence-electron chi connectivity index (χ3n) is 5.18. The molecule has 0 bridgehead atoms. The Bertz CT molecular complexity index is 1110. The summed E-state index contributed by atoms with van der Waals surface area (Å²) < 4.78 is 46.2. The van der Waals surface area contributed by atoms with E-state index in [2.05, 4.69) is 9.71 Å². The third-order valence-corrected chi connectivity index (χ3v) is 6.72. The van der Waals surface area contributed by atoms with Gasteiger partial charge in [-0.2, -0.15) is 0 Å². The third kappa shape index (κ3) is 5.85. The Morgan fingerprint density at radius 2 is 1.91 bits per heavy atom. The van der Waals surface area contributed by atoms with Crippen molar-refractivity contribution in [2.45, 2.75) is 25.2 Å². The smallest absolute Gasteiger partial charge is 0.339 e. The molecule has 1 amide bonds. The van der Waals surface area contributed by atoms with E-state index in [9.17, 15) is 22.4 Å². The normalized spacial score (nSPS) is 14.6. The Labute approximate surface area is 192 Å². The minimum absolute atomic E-state index is 0.156. The zero-order valence-corrected chi connectivity index (χ0v) is 19.4. The Morgan fingerprint density at radius 3 is 2.58 bits per heavy atom. The molecule has 2 aromatic rings. The molecule has 0 spiro atoms. The molecule has 33 heavy (non-hydrogen) atoms. The van der Waals surface area contributed by atoms with Crippen LogP contribution >= 0.6 is 0 Å². The summed E-state index contributed by atoms with van der Waals surface area (Å²) in [5.74, 6) is -1.12. The van der Waals surface area contributed by atoms with E-state index >= 15 is 0 Å². The molecular weight excluding hydrogens is 451 g/mol. The van der Waals surface area contributed by atoms with Crippen molar-refractivity contribution in [2.75, 3.05) is 44.2 Å². The monoisotopic (exact) mass is 478 g/mol. The summed E-state index contributed by atoms with van der Waals surface area (Å²) in [6, 6.07) is 6.57. The maximum Gasteiger partial charge on any atom is 0.339 e. The van der Waals surface area contributed by atoms with Crippen LogP contribution in [0.15, 0.2) is 41.4 Å². The first-order chi connectivity index (χ1) is 15.8. The fourth-order valence-corrected chi connectivity index (χ4v) is 4.60. The van der Waals surface area contributed by atoms with E-state index in [1.807, 2.05) is 4.90 Å². The maximum absolute atomic E-state index is 14.4. The second-order valence-corrected chi connectivity index (χ2v) is 9.17. The molecule has 0 atom stereocenters. The number of aromatic nitrogens is 1. The van der Waals surface area contributed by atoms with Crippen LogP contribution in [0.5, 0.6) is 0 Å². The van der Waals surface area contributed by atoms with Gasteiger partial charge in [0.1, 0.15) is 11.6 Å². The van der Waals surface area contributed by atoms with Gasteiger partial charge in [0.25, 0.3) is 5.91 Å². The molecule has 3 rings (SSSR count). The topological polar surface area (TPSA) is 109 Å². The number of amides is 1. The van der Waals surface area contributed by atoms with Crippen LogP contribution in [-0.2, 0) is 14.8 Å². The number of ether oxygens (including phenoxy) is 1. The molecule has 9 nitrogen and oxygen atoms in total. The van der Waals surface area contributed by atoms with E-state index in [4.69, 9.17) is 4.74 Å². The number of benzene rings is 1. The molecule has 1 saturated heterocycles. The van der Waals surface area contributed by atoms with Crippen molar-refractivity contribution in [3.05, 3.63) is 53.5 Å². The number of halogens is 1. The van der Waals surface area contributed by atoms with Crippen molar-refractivity contribution in [2.24, 2.45) is 0 Å². The average Bonchev–Trinajstić information content (AvgIpc) is 3.05. The molecule has 1 fully saturated rings. The minimum atomic E-state index is -3.82. The molecule has 0 aliphatic carbocycles. The van der Waals surface area contributed by atoms with Crippen LogP contribution in [0.2, 0.25) is 0 Å². The van der Waals surface area contributed by atoms with E-state index in [1.54, 1.807) is 26.0 Å². The van der Waals surface area contributed by atoms with Crippen molar-refractivity contribution in [1.29, 1.82) is 0 Å². The molecule has 11 heteroatoms. The highest BCUT2D eigenvalue weighted by Gasteiger charge is 2.25. The van der Waals surface area contributed by atoms with Crippen LogP contribution in [0, 0.1) is 5.82 Å². The van der Waals surface area contributed by atoms with Gasteiger partial charge in [-0.1, -0.05) is 6.92 Å². The lowest BCUT2D eigenvalue weighted by atomic mass is 10.2. The van der Waals surface area contributed by atoms with Gasteiger partial charge in [0.15, 0.2) is 0 Å². The number of esters is 1. The molecule has 0 unspecified atom stereocenters. The van der Waals surface area contributed by atoms with Crippen molar-refractivity contribution in [3.8, 4) is 0 Å². The SMILES string of the molecule is CCNS(=O)(=O)c1ccc(F)c(C(=O)N2CCCN(c3ccc(C(=O)OCC)cn3)CC2)c1. The van der Waals surface area contributed by atoms with Gasteiger partial charge in [0, 0.05) is 38.9 Å². The van der Waals surface area contributed by atoms with Crippen LogP contribution < -0.4 is 9.62 Å². The maximum atomic E-state index is 14.4. The van der Waals surface area contributed by atoms with E-state index in [0.29, 0.717) is 44.0 Å². The molecule has 1 N–H and O–H groups in total. The Hall–Kier alpha value is -3.05. The number of carbonyl (C=O) groups excluding carboxylic acids is 2. The predicted octanol–water partition coefficient (Wildman–Crippen LogP) is 2.05. The summed E-state index contributed by atoms with van der Waals surface area (Å²) in [5.41, 5.74) is 0.0782. The number of hydrogen-bond acceptors (Lipinski definition) is 7. The van der Waals surface area contributed by atoms with E-state index in [1.165, 1.54) is 11.1 Å². The highest BCUT2D eigenvalue weighted by molar-refractivity contribution is 7.89. The van der Waals surface area contributed by atoms with Gasteiger partial charge in [-0.15, -0.1) is 0 Å². The summed E-state index contributed by atoms with van der Waals surface area (Å²) >= 11 is 0. The van der Waals surface area contributed by atoms with Gasteiger partial charge in [-0.3, -0.25) is 4.79 Å². The fraction of sp³-hybridized carbons (Fsp3) is 0.409. The number of pyridine rings is 1. The highest BCUT2D eigenvalue weighted by atomic mass is 32.2. The number of rotatable bonds is 7. The second-order valence-electron chi connectivity index (χ2n) is 7.40. The number of nitrogens with one attached hydrogen (secondary N) is 1. The van der Waals surface area contributed by atoms with Crippen LogP contribution in [0.25, 0.3) is 0 Å². The average molecular weight is 479 g/mol. The van der Waals surface area contributed by atoms with Crippen molar-refractivity contribution in [1.82, 2.24) is 14.6 Å². The Morgan fingerprint density at radius 1 is 1.12 bits per heavy atom. The molecule has 1 aliphatic rings. The molecule has 178 valence electrons. The first-order valence-corrected chi connectivity index (χ1v) is 12.2. The molecule has 0 saturated carbocycles. The largest absolute Gasteiger partial charge is 0.462 e. The lowest BCUT2D eigenvalue weighted by Crippen LogP contribution is -2.36. The highest BCUT2D eigenvalue weighted by Crippen LogP contribution is 2.20. The van der Waals surface area contributed by atoms with Gasteiger partial charge in [-0.05, 0) is 43.7 Å². The van der Waals surface area contributed by atoms with E-state index in [-0.39, 0.29) is 23.6 Å². The van der Waals surface area contributed by atoms with Gasteiger partial charge in [0.2, 0.25) is 10.0 Å². The number of nitrogens with zero attached hydrogens (tertiary/aromatic N) is 3. The van der Waals surface area contributed by atoms with Gasteiger partial charge in [0.05, 0.1) is 22.6 Å². The van der Waals surface area contributed by atoms with Gasteiger partial charge >= 0.3 is 5.97 Å². The zero-order chi connectivity index (χ0) is 24.0. The van der Waals surface area contributed by atoms with Crippen LogP contribution in [0.4, 0.5) is 10.2 Å². The lowest BCUT2D eigenvalue weighted by Gasteiger charge is -2.23. The molecule has 1 aliphatic heterocycles. The molecule has 1 aromatic carbocycles. The number of hydrogen-bond donors (Lipinski definition) is 1. The number of anilines is 1. The van der Waals surface area contributed by atoms with Crippen molar-refractivity contribution < 1.29 is 27.1 Å². The summed E-state index contributed by atoms with van der Waals surface area (Å²) in [6.07, 6.45) is 2.07. The fourth-order valence-electron chi connectivity index (χ4n) is 3.54. The lowest BCUT2D eigenvalue weighted by molar-refractivity contribution is 0.0525. The minimum Gasteiger partial charge on any atom is -0.462 e. The Kier molecular flexibility index (Phi) is 7.98. The second kappa shape index (κ2) is 10.7. The van der Waals surface area contributed by atoms with Crippen LogP contribution in [-0.4, -0.2) is 69.5 Å². The Balaban J connectivity index is 1.72. The van der Waals surface area contributed by atoms with Crippen LogP contribution in [0.1, 0.15) is 41.0 Å². The zero-order valence-electron chi connectivity index (χ0n) is 18.6. The van der Waals surface area contributed by atoms with E-state index in [0.717, 1.165) is 18.2 Å². The summed E-state index contributed by atoms with van der Waals surface area (Å²) in [5, 5.41) is 0. The molecule has 0 radical (unpaired) electrons. The van der Waals surface area contributed by atoms with Crippen molar-refractivity contribution in [3.63, 3.8) is 0 Å². The number of sulfonamides is 1. The number of carbonyl (C=O) groups is 2. The molecular formula is C22H27FN4O5S. The first kappa shape index (κ1) is 24.6. The first-order valence-electron chi connectivity index (χ1n) is 10.7. The summed E-state index contributed by atoms with van der Waals surface area (Å²) in [7, 11) is -3.82. The summed E-state index contributed by atoms with van der Waals surface area (Å²) in [6.45, 7) is 5.59. The van der Waals surface area contributed by atoms with Crippen LogP contribution in [0.3, 0.4) is 0 Å². The predicted molar refractivity (Wildman–Crippen MR) is 120 cm³/mol. The van der Waals surface area contributed by atoms with E-state index < -0.39 is 27.7 Å². The van der Waals surface area contributed by atoms with Gasteiger partial charge < -0.3 is 14.5 Å². The molecule has 1 aromatic heterocycles.